The first kappa shape index (κ1) is 13.7. The van der Waals surface area contributed by atoms with Crippen LogP contribution in [-0.4, -0.2) is 21.6 Å². The monoisotopic (exact) mass is 302 g/mol. The van der Waals surface area contributed by atoms with E-state index in [-0.39, 0.29) is 5.95 Å². The predicted octanol–water partition coefficient (Wildman–Crippen LogP) is 3.03. The number of nitrogen functional groups attached to an aromatic ring is 1. The molecular formula is C15H15ClN4O. The van der Waals surface area contributed by atoms with Crippen molar-refractivity contribution in [1.29, 1.82) is 0 Å². The molecule has 2 heterocycles. The Morgan fingerprint density at radius 1 is 1.29 bits per heavy atom. The van der Waals surface area contributed by atoms with E-state index < -0.39 is 0 Å². The van der Waals surface area contributed by atoms with E-state index in [1.54, 1.807) is 7.11 Å². The van der Waals surface area contributed by atoms with Crippen molar-refractivity contribution >= 4 is 28.6 Å². The van der Waals surface area contributed by atoms with Crippen LogP contribution in [-0.2, 0) is 6.54 Å². The van der Waals surface area contributed by atoms with Crippen molar-refractivity contribution in [1.82, 2.24) is 14.5 Å². The summed E-state index contributed by atoms with van der Waals surface area (Å²) in [6.45, 7) is 2.68. The molecule has 5 nitrogen and oxygen atoms in total. The van der Waals surface area contributed by atoms with E-state index in [4.69, 9.17) is 22.1 Å². The van der Waals surface area contributed by atoms with Crippen LogP contribution in [0.1, 0.15) is 11.1 Å². The van der Waals surface area contributed by atoms with Gasteiger partial charge in [-0.1, -0.05) is 29.3 Å². The standard InChI is InChI=1S/C15H15ClN4O/c1-9-3-4-12(21-2)10(7-9)8-20-6-5-11-13(20)14(16)19-15(17)18-11/h3-7H,8H2,1-2H3,(H2,17,18,19). The van der Waals surface area contributed by atoms with Crippen molar-refractivity contribution in [2.75, 3.05) is 12.8 Å². The molecule has 0 saturated heterocycles. The summed E-state index contributed by atoms with van der Waals surface area (Å²) in [6.07, 6.45) is 1.92. The summed E-state index contributed by atoms with van der Waals surface area (Å²) < 4.78 is 7.41. The molecule has 0 aliphatic carbocycles. The lowest BCUT2D eigenvalue weighted by atomic mass is 10.1. The topological polar surface area (TPSA) is 66.0 Å². The number of hydrogen-bond acceptors (Lipinski definition) is 4. The summed E-state index contributed by atoms with van der Waals surface area (Å²) >= 11 is 6.20. The summed E-state index contributed by atoms with van der Waals surface area (Å²) in [5, 5.41) is 0.356. The molecule has 0 aliphatic rings. The summed E-state index contributed by atoms with van der Waals surface area (Å²) in [7, 11) is 1.67. The highest BCUT2D eigenvalue weighted by atomic mass is 35.5. The number of nitrogens with zero attached hydrogens (tertiary/aromatic N) is 3. The second kappa shape index (κ2) is 5.26. The van der Waals surface area contributed by atoms with Gasteiger partial charge in [-0.05, 0) is 19.1 Å². The molecule has 1 aromatic carbocycles. The van der Waals surface area contributed by atoms with E-state index in [1.165, 1.54) is 5.56 Å². The Hall–Kier alpha value is -2.27. The number of aromatic nitrogens is 3. The van der Waals surface area contributed by atoms with Crippen molar-refractivity contribution in [2.45, 2.75) is 13.5 Å². The Morgan fingerprint density at radius 3 is 2.86 bits per heavy atom. The van der Waals surface area contributed by atoms with Gasteiger partial charge in [0, 0.05) is 11.8 Å². The van der Waals surface area contributed by atoms with Gasteiger partial charge in [-0.3, -0.25) is 0 Å². The first-order valence-corrected chi connectivity index (χ1v) is 6.87. The molecule has 0 bridgehead atoms. The minimum Gasteiger partial charge on any atom is -0.496 e. The Kier molecular flexibility index (Phi) is 3.43. The first-order valence-electron chi connectivity index (χ1n) is 6.50. The first-order chi connectivity index (χ1) is 10.1. The smallest absolute Gasteiger partial charge is 0.222 e. The number of ether oxygens (including phenoxy) is 1. The molecule has 108 valence electrons. The number of aryl methyl sites for hydroxylation is 1. The number of rotatable bonds is 3. The summed E-state index contributed by atoms with van der Waals surface area (Å²) in [4.78, 5) is 8.21. The van der Waals surface area contributed by atoms with Crippen LogP contribution in [0.25, 0.3) is 11.0 Å². The van der Waals surface area contributed by atoms with Gasteiger partial charge < -0.3 is 15.0 Å². The maximum Gasteiger partial charge on any atom is 0.222 e. The zero-order chi connectivity index (χ0) is 15.0. The van der Waals surface area contributed by atoms with Gasteiger partial charge in [0.2, 0.25) is 5.95 Å². The van der Waals surface area contributed by atoms with Crippen LogP contribution in [0.4, 0.5) is 5.95 Å². The van der Waals surface area contributed by atoms with Gasteiger partial charge in [-0.25, -0.2) is 4.98 Å². The van der Waals surface area contributed by atoms with Gasteiger partial charge in [0.15, 0.2) is 5.15 Å². The molecule has 21 heavy (non-hydrogen) atoms. The third kappa shape index (κ3) is 2.52. The second-order valence-electron chi connectivity index (χ2n) is 4.87. The van der Waals surface area contributed by atoms with Gasteiger partial charge in [0.05, 0.1) is 19.2 Å². The molecule has 0 unspecified atom stereocenters. The third-order valence-corrected chi connectivity index (χ3v) is 3.63. The van der Waals surface area contributed by atoms with Gasteiger partial charge in [-0.15, -0.1) is 0 Å². The number of hydrogen-bond donors (Lipinski definition) is 1. The van der Waals surface area contributed by atoms with Crippen molar-refractivity contribution in [3.8, 4) is 5.75 Å². The lowest BCUT2D eigenvalue weighted by molar-refractivity contribution is 0.408. The fourth-order valence-corrected chi connectivity index (χ4v) is 2.72. The van der Waals surface area contributed by atoms with E-state index in [1.807, 2.05) is 35.9 Å². The molecule has 6 heteroatoms. The largest absolute Gasteiger partial charge is 0.496 e. The van der Waals surface area contributed by atoms with E-state index in [9.17, 15) is 0 Å². The summed E-state index contributed by atoms with van der Waals surface area (Å²) in [5.74, 6) is 1.02. The zero-order valence-electron chi connectivity index (χ0n) is 11.8. The molecule has 0 atom stereocenters. The van der Waals surface area contributed by atoms with Crippen molar-refractivity contribution in [2.24, 2.45) is 0 Å². The maximum atomic E-state index is 6.20. The van der Waals surface area contributed by atoms with E-state index in [0.717, 1.165) is 22.3 Å². The van der Waals surface area contributed by atoms with Crippen molar-refractivity contribution in [3.63, 3.8) is 0 Å². The highest BCUT2D eigenvalue weighted by Crippen LogP contribution is 2.26. The van der Waals surface area contributed by atoms with Crippen LogP contribution < -0.4 is 10.5 Å². The molecular weight excluding hydrogens is 288 g/mol. The number of halogens is 1. The average Bonchev–Trinajstić information content (AvgIpc) is 2.82. The molecule has 3 rings (SSSR count). The lowest BCUT2D eigenvalue weighted by Crippen LogP contribution is -2.03. The molecule has 3 aromatic rings. The summed E-state index contributed by atoms with van der Waals surface area (Å²) in [6, 6.07) is 7.96. The Balaban J connectivity index is 2.09. The molecule has 2 N–H and O–H groups in total. The Labute approximate surface area is 127 Å². The predicted molar refractivity (Wildman–Crippen MR) is 83.8 cm³/mol. The quantitative estimate of drug-likeness (QED) is 0.755. The van der Waals surface area contributed by atoms with E-state index in [0.29, 0.717) is 11.7 Å². The summed E-state index contributed by atoms with van der Waals surface area (Å²) in [5.41, 5.74) is 9.37. The highest BCUT2D eigenvalue weighted by Gasteiger charge is 2.11. The maximum absolute atomic E-state index is 6.20. The number of benzene rings is 1. The van der Waals surface area contributed by atoms with Crippen molar-refractivity contribution in [3.05, 3.63) is 46.7 Å². The number of fused-ring (bicyclic) bond motifs is 1. The van der Waals surface area contributed by atoms with Crippen LogP contribution in [0.2, 0.25) is 5.15 Å². The zero-order valence-corrected chi connectivity index (χ0v) is 12.6. The van der Waals surface area contributed by atoms with Crippen LogP contribution >= 0.6 is 11.6 Å². The minimum atomic E-state index is 0.179. The van der Waals surface area contributed by atoms with Gasteiger partial charge in [0.25, 0.3) is 0 Å². The molecule has 0 radical (unpaired) electrons. The minimum absolute atomic E-state index is 0.179. The lowest BCUT2D eigenvalue weighted by Gasteiger charge is -2.11. The van der Waals surface area contributed by atoms with Crippen molar-refractivity contribution < 1.29 is 4.74 Å². The van der Waals surface area contributed by atoms with Crippen LogP contribution in [0.5, 0.6) is 5.75 Å². The molecule has 0 amide bonds. The van der Waals surface area contributed by atoms with E-state index in [2.05, 4.69) is 16.0 Å². The Bertz CT molecular complexity index is 813. The fourth-order valence-electron chi connectivity index (χ4n) is 2.42. The fraction of sp³-hybridized carbons (Fsp3) is 0.200. The molecule has 0 aliphatic heterocycles. The number of anilines is 1. The van der Waals surface area contributed by atoms with Crippen LogP contribution in [0, 0.1) is 6.92 Å². The van der Waals surface area contributed by atoms with Crippen LogP contribution in [0.3, 0.4) is 0 Å². The third-order valence-electron chi connectivity index (χ3n) is 3.36. The van der Waals surface area contributed by atoms with Crippen LogP contribution in [0.15, 0.2) is 30.5 Å². The second-order valence-corrected chi connectivity index (χ2v) is 5.22. The normalized spacial score (nSPS) is 11.0. The molecule has 0 saturated carbocycles. The van der Waals surface area contributed by atoms with Gasteiger partial charge >= 0.3 is 0 Å². The van der Waals surface area contributed by atoms with Gasteiger partial charge in [-0.2, -0.15) is 4.98 Å². The average molecular weight is 303 g/mol. The molecule has 0 spiro atoms. The van der Waals surface area contributed by atoms with E-state index >= 15 is 0 Å². The van der Waals surface area contributed by atoms with Gasteiger partial charge in [0.1, 0.15) is 11.3 Å². The SMILES string of the molecule is COc1ccc(C)cc1Cn1ccc2nc(N)nc(Cl)c21. The Morgan fingerprint density at radius 2 is 2.10 bits per heavy atom. The number of nitrogens with two attached hydrogens (primary N) is 1. The highest BCUT2D eigenvalue weighted by molar-refractivity contribution is 6.33. The molecule has 2 aromatic heterocycles. The molecule has 0 fully saturated rings. The number of methoxy groups -OCH3 is 1.